The number of benzene rings is 4. The average molecular weight is 421 g/mol. The van der Waals surface area contributed by atoms with Crippen molar-refractivity contribution in [2.75, 3.05) is 4.90 Å². The Morgan fingerprint density at radius 3 is 2.03 bits per heavy atom. The van der Waals surface area contributed by atoms with Crippen molar-refractivity contribution in [1.82, 2.24) is 0 Å². The van der Waals surface area contributed by atoms with Gasteiger partial charge in [-0.1, -0.05) is 54.6 Å². The molecule has 0 saturated carbocycles. The molecule has 0 atom stereocenters. The summed E-state index contributed by atoms with van der Waals surface area (Å²) in [6.45, 7) is 0. The summed E-state index contributed by atoms with van der Waals surface area (Å²) in [7, 11) is 0. The molecule has 6 heteroatoms. The van der Waals surface area contributed by atoms with E-state index in [4.69, 9.17) is 0 Å². The van der Waals surface area contributed by atoms with Gasteiger partial charge in [0, 0.05) is 27.6 Å². The fourth-order valence-electron chi connectivity index (χ4n) is 4.11. The van der Waals surface area contributed by atoms with Gasteiger partial charge in [-0.15, -0.1) is 0 Å². The van der Waals surface area contributed by atoms with Crippen molar-refractivity contribution in [1.29, 1.82) is 0 Å². The number of nitrogens with zero attached hydrogens (tertiary/aromatic N) is 1. The normalized spacial score (nSPS) is 12.8. The number of carbonyl (C=O) groups excluding carboxylic acids is 3. The zero-order chi connectivity index (χ0) is 22.4. The molecule has 5 rings (SSSR count). The predicted octanol–water partition coefficient (Wildman–Crippen LogP) is 4.57. The molecule has 154 valence electrons. The van der Waals surface area contributed by atoms with Crippen LogP contribution in [0.3, 0.4) is 0 Å². The summed E-state index contributed by atoms with van der Waals surface area (Å²) in [5, 5.41) is 10.4. The van der Waals surface area contributed by atoms with Gasteiger partial charge in [0.2, 0.25) is 0 Å². The number of hydrogen-bond donors (Lipinski definition) is 1. The van der Waals surface area contributed by atoms with Crippen LogP contribution in [0.15, 0.2) is 84.9 Å². The third kappa shape index (κ3) is 2.81. The number of ketones is 1. The van der Waals surface area contributed by atoms with Gasteiger partial charge < -0.3 is 5.11 Å². The Kier molecular flexibility index (Phi) is 4.41. The molecule has 4 aromatic carbocycles. The van der Waals surface area contributed by atoms with E-state index >= 15 is 0 Å². The molecule has 1 aliphatic rings. The third-order valence-corrected chi connectivity index (χ3v) is 5.56. The van der Waals surface area contributed by atoms with Gasteiger partial charge in [0.05, 0.1) is 11.3 Å². The van der Waals surface area contributed by atoms with Gasteiger partial charge in [0.15, 0.2) is 5.78 Å². The van der Waals surface area contributed by atoms with Crippen LogP contribution in [0.2, 0.25) is 0 Å². The van der Waals surface area contributed by atoms with E-state index in [1.54, 1.807) is 54.6 Å². The molecule has 0 saturated heterocycles. The Balaban J connectivity index is 1.72. The first-order valence-electron chi connectivity index (χ1n) is 9.85. The van der Waals surface area contributed by atoms with E-state index in [-0.39, 0.29) is 28.2 Å². The van der Waals surface area contributed by atoms with Crippen LogP contribution in [0.1, 0.15) is 47.0 Å². The molecule has 0 bridgehead atoms. The van der Waals surface area contributed by atoms with Crippen LogP contribution in [-0.2, 0) is 0 Å². The van der Waals surface area contributed by atoms with Crippen LogP contribution in [0.25, 0.3) is 10.8 Å². The lowest BCUT2D eigenvalue weighted by molar-refractivity contribution is 0.0697. The molecule has 4 aromatic rings. The van der Waals surface area contributed by atoms with E-state index in [0.717, 1.165) is 4.90 Å². The molecule has 32 heavy (non-hydrogen) atoms. The van der Waals surface area contributed by atoms with E-state index in [1.165, 1.54) is 24.3 Å². The van der Waals surface area contributed by atoms with Crippen LogP contribution in [0, 0.1) is 0 Å². The summed E-state index contributed by atoms with van der Waals surface area (Å²) in [6, 6.07) is 22.7. The van der Waals surface area contributed by atoms with Crippen molar-refractivity contribution in [3.05, 3.63) is 113 Å². The molecule has 0 radical (unpaired) electrons. The number of anilines is 1. The molecule has 0 unspecified atom stereocenters. The van der Waals surface area contributed by atoms with E-state index in [9.17, 15) is 24.3 Å². The number of imide groups is 1. The zero-order valence-corrected chi connectivity index (χ0v) is 16.6. The van der Waals surface area contributed by atoms with Gasteiger partial charge in [-0.3, -0.25) is 14.4 Å². The van der Waals surface area contributed by atoms with Gasteiger partial charge in [-0.05, 0) is 35.7 Å². The molecule has 1 heterocycles. The van der Waals surface area contributed by atoms with Crippen molar-refractivity contribution in [3.8, 4) is 0 Å². The lowest BCUT2D eigenvalue weighted by Gasteiger charge is -2.28. The molecule has 2 amide bonds. The van der Waals surface area contributed by atoms with E-state index in [2.05, 4.69) is 0 Å². The van der Waals surface area contributed by atoms with E-state index < -0.39 is 17.8 Å². The maximum Gasteiger partial charge on any atom is 0.337 e. The standard InChI is InChI=1S/C26H15NO5/c28-23(15-7-2-1-3-8-15)17-13-14-20-22-16(17)10-6-11-19(22)24(29)27(25(20)30)21-12-5-4-9-18(21)26(31)32/h1-14H,(H,31,32). The number of carbonyl (C=O) groups is 4. The molecule has 0 aliphatic carbocycles. The molecule has 0 spiro atoms. The molecular weight excluding hydrogens is 406 g/mol. The Morgan fingerprint density at radius 1 is 0.656 bits per heavy atom. The molecular formula is C26H15NO5. The summed E-state index contributed by atoms with van der Waals surface area (Å²) < 4.78 is 0. The van der Waals surface area contributed by atoms with Crippen molar-refractivity contribution in [3.63, 3.8) is 0 Å². The second-order valence-corrected chi connectivity index (χ2v) is 7.35. The lowest BCUT2D eigenvalue weighted by atomic mass is 9.88. The van der Waals surface area contributed by atoms with E-state index in [0.29, 0.717) is 21.9 Å². The molecule has 0 aromatic heterocycles. The van der Waals surface area contributed by atoms with Crippen molar-refractivity contribution in [2.24, 2.45) is 0 Å². The fourth-order valence-corrected chi connectivity index (χ4v) is 4.11. The van der Waals surface area contributed by atoms with Crippen LogP contribution in [0.4, 0.5) is 5.69 Å². The molecule has 0 fully saturated rings. The number of carboxylic acids is 1. The molecule has 1 aliphatic heterocycles. The van der Waals surface area contributed by atoms with Crippen molar-refractivity contribution < 1.29 is 24.3 Å². The largest absolute Gasteiger partial charge is 0.478 e. The Morgan fingerprint density at radius 2 is 1.31 bits per heavy atom. The first kappa shape index (κ1) is 19.4. The van der Waals surface area contributed by atoms with Crippen molar-refractivity contribution in [2.45, 2.75) is 0 Å². The zero-order valence-electron chi connectivity index (χ0n) is 16.6. The number of amides is 2. The molecule has 1 N–H and O–H groups in total. The summed E-state index contributed by atoms with van der Waals surface area (Å²) in [5.41, 5.74) is 1.21. The van der Waals surface area contributed by atoms with Crippen LogP contribution in [-0.4, -0.2) is 28.7 Å². The SMILES string of the molecule is O=C(O)c1ccccc1N1C(=O)c2cccc3c(C(=O)c4ccccc4)ccc(c23)C1=O. The number of para-hydroxylation sites is 1. The highest BCUT2D eigenvalue weighted by Gasteiger charge is 2.36. The van der Waals surface area contributed by atoms with Gasteiger partial charge in [-0.2, -0.15) is 0 Å². The Hall–Kier alpha value is -4.58. The minimum atomic E-state index is -1.24. The first-order valence-corrected chi connectivity index (χ1v) is 9.85. The highest BCUT2D eigenvalue weighted by molar-refractivity contribution is 6.37. The first-order chi connectivity index (χ1) is 15.5. The summed E-state index contributed by atoms with van der Waals surface area (Å²) >= 11 is 0. The van der Waals surface area contributed by atoms with E-state index in [1.807, 2.05) is 6.07 Å². The third-order valence-electron chi connectivity index (χ3n) is 5.56. The maximum absolute atomic E-state index is 13.4. The maximum atomic E-state index is 13.4. The van der Waals surface area contributed by atoms with Crippen LogP contribution in [0.5, 0.6) is 0 Å². The summed E-state index contributed by atoms with van der Waals surface area (Å²) in [4.78, 5) is 52.4. The van der Waals surface area contributed by atoms with Gasteiger partial charge in [0.25, 0.3) is 11.8 Å². The van der Waals surface area contributed by atoms with Crippen LogP contribution < -0.4 is 4.90 Å². The second-order valence-electron chi connectivity index (χ2n) is 7.35. The monoisotopic (exact) mass is 421 g/mol. The number of rotatable bonds is 4. The van der Waals surface area contributed by atoms with Crippen molar-refractivity contribution >= 4 is 40.0 Å². The summed E-state index contributed by atoms with van der Waals surface area (Å²) in [5.74, 6) is -2.72. The summed E-state index contributed by atoms with van der Waals surface area (Å²) in [6.07, 6.45) is 0. The highest BCUT2D eigenvalue weighted by Crippen LogP contribution is 2.36. The minimum Gasteiger partial charge on any atom is -0.478 e. The number of hydrogen-bond acceptors (Lipinski definition) is 4. The topological polar surface area (TPSA) is 91.8 Å². The van der Waals surface area contributed by atoms with Gasteiger partial charge >= 0.3 is 5.97 Å². The fraction of sp³-hybridized carbons (Fsp3) is 0. The quantitative estimate of drug-likeness (QED) is 0.385. The van der Waals surface area contributed by atoms with Gasteiger partial charge in [0.1, 0.15) is 0 Å². The Labute approximate surface area is 182 Å². The minimum absolute atomic E-state index is 0.00194. The highest BCUT2D eigenvalue weighted by atomic mass is 16.4. The van der Waals surface area contributed by atoms with Crippen LogP contribution >= 0.6 is 0 Å². The van der Waals surface area contributed by atoms with Gasteiger partial charge in [-0.25, -0.2) is 9.69 Å². The molecule has 6 nitrogen and oxygen atoms in total. The number of aromatic carboxylic acids is 1. The second kappa shape index (κ2) is 7.28. The average Bonchev–Trinajstić information content (AvgIpc) is 2.82. The lowest BCUT2D eigenvalue weighted by Crippen LogP contribution is -2.41. The predicted molar refractivity (Wildman–Crippen MR) is 118 cm³/mol. The Bertz CT molecular complexity index is 1430. The smallest absolute Gasteiger partial charge is 0.337 e. The number of carboxylic acid groups (broad SMARTS) is 1.